The van der Waals surface area contributed by atoms with Crippen molar-refractivity contribution in [1.29, 1.82) is 0 Å². The molecule has 2 rings (SSSR count). The number of morpholine rings is 1. The number of carbonyl (C=O) groups excluding carboxylic acids is 1. The van der Waals surface area contributed by atoms with Crippen LogP contribution < -0.4 is 0 Å². The van der Waals surface area contributed by atoms with Crippen molar-refractivity contribution < 1.29 is 9.53 Å². The third kappa shape index (κ3) is 2.70. The zero-order valence-electron chi connectivity index (χ0n) is 9.76. The number of hydrogen-bond donors (Lipinski definition) is 1. The fourth-order valence-corrected chi connectivity index (χ4v) is 2.61. The molecule has 2 aliphatic heterocycles. The predicted octanol–water partition coefficient (Wildman–Crippen LogP) is 0.238. The van der Waals surface area contributed by atoms with Gasteiger partial charge in [0.05, 0.1) is 18.5 Å². The van der Waals surface area contributed by atoms with E-state index in [1.807, 2.05) is 11.8 Å². The second kappa shape index (κ2) is 5.38. The molecule has 92 valence electrons. The Morgan fingerprint density at radius 2 is 2.06 bits per heavy atom. The lowest BCUT2D eigenvalue weighted by molar-refractivity contribution is -0.129. The lowest BCUT2D eigenvalue weighted by Crippen LogP contribution is -2.45. The van der Waals surface area contributed by atoms with Crippen LogP contribution in [0.4, 0.5) is 0 Å². The Bertz CT molecular complexity index is 254. The Kier molecular flexibility index (Phi) is 4.10. The van der Waals surface area contributed by atoms with Gasteiger partial charge in [-0.05, 0) is 13.3 Å². The Balaban J connectivity index is 1.85. The molecule has 2 unspecified atom stereocenters. The van der Waals surface area contributed by atoms with Gasteiger partial charge in [-0.2, -0.15) is 12.6 Å². The minimum Gasteiger partial charge on any atom is -0.379 e. The summed E-state index contributed by atoms with van der Waals surface area (Å²) in [5, 5.41) is -0.177. The largest absolute Gasteiger partial charge is 0.379 e. The van der Waals surface area contributed by atoms with Crippen LogP contribution in [0.3, 0.4) is 0 Å². The van der Waals surface area contributed by atoms with Gasteiger partial charge in [0.2, 0.25) is 5.91 Å². The summed E-state index contributed by atoms with van der Waals surface area (Å²) in [6.07, 6.45) is 1.09. The van der Waals surface area contributed by atoms with E-state index in [2.05, 4.69) is 17.5 Å². The topological polar surface area (TPSA) is 32.8 Å². The summed E-state index contributed by atoms with van der Waals surface area (Å²) in [7, 11) is 0. The molecule has 1 amide bonds. The molecule has 0 aliphatic carbocycles. The summed E-state index contributed by atoms with van der Waals surface area (Å²) in [6, 6.07) is 0.528. The third-order valence-electron chi connectivity index (χ3n) is 3.39. The first-order valence-electron chi connectivity index (χ1n) is 5.97. The number of ether oxygens (including phenoxy) is 1. The van der Waals surface area contributed by atoms with Crippen LogP contribution in [-0.2, 0) is 9.53 Å². The molecule has 4 nitrogen and oxygen atoms in total. The average Bonchev–Trinajstić information content (AvgIpc) is 2.78. The van der Waals surface area contributed by atoms with Crippen LogP contribution in [0.25, 0.3) is 0 Å². The highest BCUT2D eigenvalue weighted by Crippen LogP contribution is 2.18. The minimum atomic E-state index is -0.177. The number of likely N-dealkylation sites (tertiary alicyclic amines) is 1. The van der Waals surface area contributed by atoms with Crippen molar-refractivity contribution in [1.82, 2.24) is 9.80 Å². The SMILES string of the molecule is CC(S)C(=O)N1CCC(N2CCOCC2)C1. The molecule has 2 aliphatic rings. The zero-order valence-corrected chi connectivity index (χ0v) is 10.7. The molecule has 2 heterocycles. The predicted molar refractivity (Wildman–Crippen MR) is 65.8 cm³/mol. The van der Waals surface area contributed by atoms with Crippen molar-refractivity contribution >= 4 is 18.5 Å². The fourth-order valence-electron chi connectivity index (χ4n) is 2.45. The fraction of sp³-hybridized carbons (Fsp3) is 0.909. The highest BCUT2D eigenvalue weighted by atomic mass is 32.1. The number of carbonyl (C=O) groups is 1. The summed E-state index contributed by atoms with van der Waals surface area (Å²) in [5.41, 5.74) is 0. The quantitative estimate of drug-likeness (QED) is 0.706. The first-order chi connectivity index (χ1) is 7.68. The van der Waals surface area contributed by atoms with E-state index in [1.165, 1.54) is 0 Å². The Morgan fingerprint density at radius 1 is 1.38 bits per heavy atom. The van der Waals surface area contributed by atoms with E-state index in [-0.39, 0.29) is 11.2 Å². The molecule has 0 aromatic carbocycles. The molecule has 0 aromatic rings. The molecule has 16 heavy (non-hydrogen) atoms. The van der Waals surface area contributed by atoms with Gasteiger partial charge in [0.25, 0.3) is 0 Å². The molecule has 0 saturated carbocycles. The number of thiol groups is 1. The monoisotopic (exact) mass is 244 g/mol. The van der Waals surface area contributed by atoms with Gasteiger partial charge in [0, 0.05) is 32.2 Å². The van der Waals surface area contributed by atoms with E-state index in [9.17, 15) is 4.79 Å². The smallest absolute Gasteiger partial charge is 0.235 e. The second-order valence-electron chi connectivity index (χ2n) is 4.55. The van der Waals surface area contributed by atoms with Crippen LogP contribution in [0, 0.1) is 0 Å². The summed E-state index contributed by atoms with van der Waals surface area (Å²) < 4.78 is 5.34. The zero-order chi connectivity index (χ0) is 11.5. The highest BCUT2D eigenvalue weighted by molar-refractivity contribution is 7.81. The second-order valence-corrected chi connectivity index (χ2v) is 5.33. The van der Waals surface area contributed by atoms with Crippen LogP contribution >= 0.6 is 12.6 Å². The minimum absolute atomic E-state index is 0.166. The van der Waals surface area contributed by atoms with Crippen LogP contribution in [0.1, 0.15) is 13.3 Å². The Morgan fingerprint density at radius 3 is 2.69 bits per heavy atom. The lowest BCUT2D eigenvalue weighted by atomic mass is 10.2. The van der Waals surface area contributed by atoms with Gasteiger partial charge in [-0.25, -0.2) is 0 Å². The van der Waals surface area contributed by atoms with Crippen LogP contribution in [0.2, 0.25) is 0 Å². The highest BCUT2D eigenvalue weighted by Gasteiger charge is 2.31. The average molecular weight is 244 g/mol. The summed E-state index contributed by atoms with van der Waals surface area (Å²) >= 11 is 4.20. The lowest BCUT2D eigenvalue weighted by Gasteiger charge is -2.32. The van der Waals surface area contributed by atoms with Gasteiger partial charge < -0.3 is 9.64 Å². The van der Waals surface area contributed by atoms with Crippen molar-refractivity contribution in [3.63, 3.8) is 0 Å². The van der Waals surface area contributed by atoms with Crippen LogP contribution in [0.5, 0.6) is 0 Å². The standard InChI is InChI=1S/C11H20N2O2S/c1-9(16)11(14)13-3-2-10(8-13)12-4-6-15-7-5-12/h9-10,16H,2-8H2,1H3. The number of amides is 1. The van der Waals surface area contributed by atoms with Crippen molar-refractivity contribution in [2.75, 3.05) is 39.4 Å². The summed E-state index contributed by atoms with van der Waals surface area (Å²) in [4.78, 5) is 16.2. The Hall–Kier alpha value is -0.260. The van der Waals surface area contributed by atoms with Crippen LogP contribution in [-0.4, -0.2) is 66.4 Å². The van der Waals surface area contributed by atoms with Crippen molar-refractivity contribution in [2.45, 2.75) is 24.6 Å². The van der Waals surface area contributed by atoms with Crippen LogP contribution in [0.15, 0.2) is 0 Å². The maximum Gasteiger partial charge on any atom is 0.235 e. The molecule has 0 spiro atoms. The molecule has 0 bridgehead atoms. The van der Waals surface area contributed by atoms with Crippen molar-refractivity contribution in [3.8, 4) is 0 Å². The number of nitrogens with zero attached hydrogens (tertiary/aromatic N) is 2. The van der Waals surface area contributed by atoms with Gasteiger partial charge in [-0.3, -0.25) is 9.69 Å². The normalized spacial score (nSPS) is 29.4. The maximum atomic E-state index is 11.8. The molecule has 0 aromatic heterocycles. The van der Waals surface area contributed by atoms with E-state index in [1.54, 1.807) is 0 Å². The molecule has 2 atom stereocenters. The first kappa shape index (κ1) is 12.2. The molecule has 0 radical (unpaired) electrons. The van der Waals surface area contributed by atoms with E-state index in [4.69, 9.17) is 4.74 Å². The molecule has 2 saturated heterocycles. The van der Waals surface area contributed by atoms with Crippen molar-refractivity contribution in [3.05, 3.63) is 0 Å². The summed E-state index contributed by atoms with van der Waals surface area (Å²) in [6.45, 7) is 7.25. The third-order valence-corrected chi connectivity index (χ3v) is 3.62. The molecule has 2 fully saturated rings. The summed E-state index contributed by atoms with van der Waals surface area (Å²) in [5.74, 6) is 0.166. The maximum absolute atomic E-state index is 11.8. The van der Waals surface area contributed by atoms with Crippen molar-refractivity contribution in [2.24, 2.45) is 0 Å². The van der Waals surface area contributed by atoms with Gasteiger partial charge in [-0.1, -0.05) is 0 Å². The van der Waals surface area contributed by atoms with E-state index >= 15 is 0 Å². The number of rotatable bonds is 2. The van der Waals surface area contributed by atoms with E-state index in [0.29, 0.717) is 6.04 Å². The van der Waals surface area contributed by atoms with Gasteiger partial charge in [-0.15, -0.1) is 0 Å². The van der Waals surface area contributed by atoms with Gasteiger partial charge >= 0.3 is 0 Å². The molecule has 5 heteroatoms. The molecule has 0 N–H and O–H groups in total. The molecular weight excluding hydrogens is 224 g/mol. The van der Waals surface area contributed by atoms with Gasteiger partial charge in [0.15, 0.2) is 0 Å². The van der Waals surface area contributed by atoms with Gasteiger partial charge in [0.1, 0.15) is 0 Å². The molecular formula is C11H20N2O2S. The van der Waals surface area contributed by atoms with E-state index in [0.717, 1.165) is 45.8 Å². The Labute approximate surface area is 102 Å². The number of hydrogen-bond acceptors (Lipinski definition) is 4. The first-order valence-corrected chi connectivity index (χ1v) is 6.49. The van der Waals surface area contributed by atoms with E-state index < -0.39 is 0 Å².